The summed E-state index contributed by atoms with van der Waals surface area (Å²) in [7, 11) is 0. The maximum atomic E-state index is 5.95. The Hall–Kier alpha value is 2.02. The molecular weight excluding hydrogens is 656 g/mol. The van der Waals surface area contributed by atoms with Gasteiger partial charge in [-0.2, -0.15) is 0 Å². The second-order valence-corrected chi connectivity index (χ2v) is 18.6. The van der Waals surface area contributed by atoms with Crippen LogP contribution in [0, 0.1) is 0 Å². The highest BCUT2D eigenvalue weighted by atomic mass is 80.0. The fourth-order valence-electron chi connectivity index (χ4n) is 1.39. The van der Waals surface area contributed by atoms with E-state index in [0.717, 1.165) is 5.56 Å². The van der Waals surface area contributed by atoms with E-state index >= 15 is 0 Å². The molecule has 20 heavy (non-hydrogen) atoms. The smallest absolute Gasteiger partial charge is 0.192 e. The molecule has 0 atom stereocenters. The maximum Gasteiger partial charge on any atom is 0.192 e. The summed E-state index contributed by atoms with van der Waals surface area (Å²) in [5.41, 5.74) is 0.938. The number of alkyl halides is 6. The first-order valence-electron chi connectivity index (χ1n) is 5.49. The zero-order chi connectivity index (χ0) is 15.4. The van der Waals surface area contributed by atoms with Gasteiger partial charge < -0.3 is 9.47 Å². The Morgan fingerprint density at radius 3 is 1.55 bits per heavy atom. The van der Waals surface area contributed by atoms with E-state index < -0.39 is 10.1 Å². The number of rotatable bonds is 5. The van der Waals surface area contributed by atoms with Gasteiger partial charge in [0, 0.05) is 5.56 Å². The van der Waals surface area contributed by atoms with E-state index in [-0.39, 0.29) is 0 Å². The number of ether oxygens (including phenoxy) is 2. The summed E-state index contributed by atoms with van der Waals surface area (Å²) >= 11 is 20.5. The van der Waals surface area contributed by atoms with Gasteiger partial charge >= 0.3 is 0 Å². The second-order valence-electron chi connectivity index (χ2n) is 4.12. The van der Waals surface area contributed by atoms with Crippen LogP contribution in [-0.2, 0) is 15.3 Å². The third kappa shape index (κ3) is 8.04. The first kappa shape index (κ1) is 20.1. The lowest BCUT2D eigenvalue weighted by Gasteiger charge is -2.33. The van der Waals surface area contributed by atoms with Crippen LogP contribution in [0.2, 0.25) is 0 Å². The van der Waals surface area contributed by atoms with Gasteiger partial charge in [-0.25, -0.2) is 0 Å². The van der Waals surface area contributed by atoms with Crippen molar-refractivity contribution in [2.75, 3.05) is 13.2 Å². The van der Waals surface area contributed by atoms with Gasteiger partial charge in [-0.15, -0.1) is 0 Å². The molecule has 1 aromatic rings. The highest BCUT2D eigenvalue weighted by Gasteiger charge is 2.34. The fourth-order valence-corrected chi connectivity index (χ4v) is 2.08. The fraction of sp³-hybridized carbons (Fsp3) is 0.500. The first-order chi connectivity index (χ1) is 9.02. The Balaban J connectivity index is 2.88. The van der Waals surface area contributed by atoms with Gasteiger partial charge in [0.2, 0.25) is 0 Å². The predicted molar refractivity (Wildman–Crippen MR) is 105 cm³/mol. The summed E-state index contributed by atoms with van der Waals surface area (Å²) in [5, 5.41) is 0. The van der Waals surface area contributed by atoms with Crippen molar-refractivity contribution in [2.24, 2.45) is 0 Å². The van der Waals surface area contributed by atoms with Gasteiger partial charge in [-0.1, -0.05) is 126 Å². The molecule has 0 fully saturated rings. The van der Waals surface area contributed by atoms with Gasteiger partial charge in [0.05, 0.1) is 13.2 Å². The largest absolute Gasteiger partial charge is 0.343 e. The van der Waals surface area contributed by atoms with E-state index in [9.17, 15) is 0 Å². The van der Waals surface area contributed by atoms with Crippen LogP contribution in [0.4, 0.5) is 0 Å². The van der Waals surface area contributed by atoms with Crippen LogP contribution in [0.15, 0.2) is 30.3 Å². The number of hydrogen-bond acceptors (Lipinski definition) is 2. The Morgan fingerprint density at radius 2 is 1.20 bits per heavy atom. The van der Waals surface area contributed by atoms with Crippen LogP contribution in [0.5, 0.6) is 0 Å². The van der Waals surface area contributed by atoms with Crippen molar-refractivity contribution in [1.29, 1.82) is 0 Å². The summed E-state index contributed by atoms with van der Waals surface area (Å²) in [6.07, 6.45) is 0. The van der Waals surface area contributed by atoms with E-state index in [4.69, 9.17) is 9.47 Å². The number of benzene rings is 1. The molecule has 0 aliphatic heterocycles. The van der Waals surface area contributed by atoms with Crippen LogP contribution in [0.3, 0.4) is 0 Å². The average Bonchev–Trinajstić information content (AvgIpc) is 2.33. The lowest BCUT2D eigenvalue weighted by atomic mass is 10.1. The Morgan fingerprint density at radius 1 is 0.800 bits per heavy atom. The number of hydrogen-bond donors (Lipinski definition) is 0. The first-order valence-corrected chi connectivity index (χ1v) is 10.2. The third-order valence-electron chi connectivity index (χ3n) is 2.32. The van der Waals surface area contributed by atoms with Gasteiger partial charge in [-0.05, 0) is 6.92 Å². The molecular formula is C12H12Br6O2. The molecule has 0 unspecified atom stereocenters. The monoisotopic (exact) mass is 662 g/mol. The molecule has 0 amide bonds. The van der Waals surface area contributed by atoms with Crippen molar-refractivity contribution in [3.63, 3.8) is 0 Å². The van der Waals surface area contributed by atoms with Crippen molar-refractivity contribution < 1.29 is 9.47 Å². The highest BCUT2D eigenvalue weighted by molar-refractivity contribution is 9.39. The summed E-state index contributed by atoms with van der Waals surface area (Å²) < 4.78 is 10.9. The zero-order valence-electron chi connectivity index (χ0n) is 10.4. The molecule has 0 saturated carbocycles. The Bertz CT molecular complexity index is 394. The summed E-state index contributed by atoms with van der Waals surface area (Å²) in [5.74, 6) is -0.873. The lowest BCUT2D eigenvalue weighted by Crippen LogP contribution is -2.35. The predicted octanol–water partition coefficient (Wildman–Crippen LogP) is 6.57. The second kappa shape index (κ2) is 8.22. The molecule has 0 bridgehead atoms. The minimum Gasteiger partial charge on any atom is -0.343 e. The van der Waals surface area contributed by atoms with Gasteiger partial charge in [0.1, 0.15) is 0 Å². The standard InChI is InChI=1S/C12H12Br6O2/c1-10(19-7-11(13,14)15,20-8-12(16,17)18)9-5-3-2-4-6-9/h2-6H,7-8H2,1H3. The van der Waals surface area contributed by atoms with E-state index in [2.05, 4.69) is 95.6 Å². The molecule has 114 valence electrons. The molecule has 0 aromatic heterocycles. The topological polar surface area (TPSA) is 18.5 Å². The molecule has 0 spiro atoms. The van der Waals surface area contributed by atoms with Crippen LogP contribution < -0.4 is 0 Å². The van der Waals surface area contributed by atoms with Gasteiger partial charge in [0.15, 0.2) is 10.1 Å². The van der Waals surface area contributed by atoms with Gasteiger partial charge in [0.25, 0.3) is 0 Å². The SMILES string of the molecule is CC(OCC(Br)(Br)Br)(OCC(Br)(Br)Br)c1ccccc1. The minimum absolute atomic E-state index is 0.359. The normalized spacial score (nSPS) is 13.6. The molecule has 8 heteroatoms. The van der Waals surface area contributed by atoms with Crippen LogP contribution in [0.25, 0.3) is 0 Å². The van der Waals surface area contributed by atoms with Crippen molar-refractivity contribution in [3.05, 3.63) is 35.9 Å². The quantitative estimate of drug-likeness (QED) is 0.262. The molecule has 0 N–H and O–H groups in total. The molecule has 0 saturated heterocycles. The van der Waals surface area contributed by atoms with E-state index in [1.807, 2.05) is 37.3 Å². The van der Waals surface area contributed by atoms with Crippen molar-refractivity contribution in [3.8, 4) is 0 Å². The van der Waals surface area contributed by atoms with Crippen molar-refractivity contribution >= 4 is 95.6 Å². The Kier molecular flexibility index (Phi) is 8.24. The summed E-state index contributed by atoms with van der Waals surface area (Å²) in [6, 6.07) is 9.80. The van der Waals surface area contributed by atoms with Crippen molar-refractivity contribution in [2.45, 2.75) is 17.0 Å². The Labute approximate surface area is 169 Å². The van der Waals surface area contributed by atoms with Gasteiger partial charge in [-0.3, -0.25) is 0 Å². The number of halogens is 6. The van der Waals surface area contributed by atoms with Crippen LogP contribution in [0.1, 0.15) is 12.5 Å². The molecule has 0 aliphatic rings. The minimum atomic E-state index is -0.873. The van der Waals surface area contributed by atoms with E-state index in [1.54, 1.807) is 0 Å². The zero-order valence-corrected chi connectivity index (χ0v) is 19.9. The molecule has 1 aromatic carbocycles. The van der Waals surface area contributed by atoms with Crippen LogP contribution in [-0.4, -0.2) is 17.5 Å². The summed E-state index contributed by atoms with van der Waals surface area (Å²) in [4.78, 5) is 0. The third-order valence-corrected chi connectivity index (χ3v) is 3.69. The highest BCUT2D eigenvalue weighted by Crippen LogP contribution is 2.40. The molecule has 0 aliphatic carbocycles. The van der Waals surface area contributed by atoms with Crippen LogP contribution >= 0.6 is 95.6 Å². The molecule has 2 nitrogen and oxygen atoms in total. The molecule has 0 heterocycles. The van der Waals surface area contributed by atoms with E-state index in [0.29, 0.717) is 13.2 Å². The van der Waals surface area contributed by atoms with Crippen molar-refractivity contribution in [1.82, 2.24) is 0 Å². The lowest BCUT2D eigenvalue weighted by molar-refractivity contribution is -0.231. The summed E-state index contributed by atoms with van der Waals surface area (Å²) in [6.45, 7) is 2.61. The maximum absolute atomic E-state index is 5.95. The molecule has 0 radical (unpaired) electrons. The molecule has 1 rings (SSSR count). The average molecular weight is 668 g/mol. The van der Waals surface area contributed by atoms with E-state index in [1.165, 1.54) is 0 Å².